The summed E-state index contributed by atoms with van der Waals surface area (Å²) in [6, 6.07) is 40.9. The van der Waals surface area contributed by atoms with E-state index in [-0.39, 0.29) is 6.04 Å². The van der Waals surface area contributed by atoms with Crippen LogP contribution >= 0.6 is 0 Å². The van der Waals surface area contributed by atoms with E-state index in [0.29, 0.717) is 5.92 Å². The second-order valence-electron chi connectivity index (χ2n) is 12.3. The normalized spacial score (nSPS) is 20.4. The van der Waals surface area contributed by atoms with Crippen LogP contribution in [0.25, 0.3) is 38.5 Å². The predicted octanol–water partition coefficient (Wildman–Crippen LogP) is 5.88. The Kier molecular flexibility index (Phi) is 7.52. The van der Waals surface area contributed by atoms with Crippen molar-refractivity contribution in [2.45, 2.75) is 25.8 Å². The fourth-order valence-corrected chi connectivity index (χ4v) is 14.2. The Morgan fingerprint density at radius 3 is 2.21 bits per heavy atom. The Bertz CT molecular complexity index is 2270. The first-order valence-electron chi connectivity index (χ1n) is 15.9. The number of alkyl halides is 1. The van der Waals surface area contributed by atoms with E-state index >= 15 is 0 Å². The van der Waals surface area contributed by atoms with Crippen molar-refractivity contribution in [3.8, 4) is 11.3 Å². The molecule has 2 aliphatic heterocycles. The van der Waals surface area contributed by atoms with Gasteiger partial charge in [-0.25, -0.2) is 0 Å². The van der Waals surface area contributed by atoms with Crippen LogP contribution in [0.3, 0.4) is 0 Å². The van der Waals surface area contributed by atoms with E-state index in [2.05, 4.69) is 144 Å². The Hall–Kier alpha value is -4.95. The Morgan fingerprint density at radius 1 is 0.702 bits per heavy atom. The molecule has 5 nitrogen and oxygen atoms in total. The number of pyridine rings is 2. The molecule has 2 aromatic heterocycles. The van der Waals surface area contributed by atoms with E-state index in [4.69, 9.17) is 15.2 Å². The van der Waals surface area contributed by atoms with Gasteiger partial charge in [0.1, 0.15) is 0 Å². The standard InChI is InChI=1S/C41H35IN5/c1-27(2)28-21-23-30(24-22-28)42(3)40(46-47-41(42)39-20-11-18-37(45-39)36-16-8-9-25-43-36)38-19-10-17-35(44-38)34-26-29-12-4-5-13-31(29)32-14-6-7-15-33(32)34/h4-27,39,45H,1-3H3/q-1. The molecule has 0 bridgehead atoms. The third-order valence-electron chi connectivity index (χ3n) is 9.03. The molecule has 0 fully saturated rings. The summed E-state index contributed by atoms with van der Waals surface area (Å²) in [6.45, 7) is 4.47. The number of hydrogen-bond acceptors (Lipinski definition) is 5. The zero-order chi connectivity index (χ0) is 32.0. The average Bonchev–Trinajstić information content (AvgIpc) is 3.49. The Balaban J connectivity index is 1.23. The number of nitrogens with zero attached hydrogens (tertiary/aromatic N) is 4. The first-order valence-corrected chi connectivity index (χ1v) is 21.3. The van der Waals surface area contributed by atoms with Crippen LogP contribution in [0.1, 0.15) is 36.7 Å². The van der Waals surface area contributed by atoms with E-state index in [1.807, 2.05) is 24.4 Å². The molecule has 1 N–H and O–H groups in total. The molecule has 0 saturated carbocycles. The molecule has 2 unspecified atom stereocenters. The minimum atomic E-state index is -3.29. The van der Waals surface area contributed by atoms with Crippen molar-refractivity contribution in [2.75, 3.05) is 4.93 Å². The molecular formula is C41H35IN5-. The first-order chi connectivity index (χ1) is 23.0. The van der Waals surface area contributed by atoms with Crippen LogP contribution in [0.15, 0.2) is 150 Å². The van der Waals surface area contributed by atoms with E-state index in [0.717, 1.165) is 35.8 Å². The third-order valence-corrected chi connectivity index (χ3v) is 18.2. The summed E-state index contributed by atoms with van der Waals surface area (Å²) in [6.07, 6.45) is 8.21. The summed E-state index contributed by atoms with van der Waals surface area (Å²) in [5.41, 5.74) is 6.18. The van der Waals surface area contributed by atoms with Gasteiger partial charge in [0.15, 0.2) is 0 Å². The van der Waals surface area contributed by atoms with Crippen molar-refractivity contribution in [2.24, 2.45) is 10.2 Å². The molecule has 6 heteroatoms. The first kappa shape index (κ1) is 29.5. The van der Waals surface area contributed by atoms with Gasteiger partial charge in [-0.05, 0) is 0 Å². The zero-order valence-electron chi connectivity index (χ0n) is 26.6. The maximum atomic E-state index is 5.37. The Labute approximate surface area is 279 Å². The van der Waals surface area contributed by atoms with Gasteiger partial charge in [-0.15, -0.1) is 0 Å². The van der Waals surface area contributed by atoms with E-state index in [1.165, 1.54) is 30.7 Å². The predicted molar refractivity (Wildman–Crippen MR) is 192 cm³/mol. The number of benzene rings is 4. The quantitative estimate of drug-likeness (QED) is 0.133. The molecule has 6 aromatic rings. The topological polar surface area (TPSA) is 62.5 Å². The number of rotatable bonds is 6. The van der Waals surface area contributed by atoms with E-state index in [1.54, 1.807) is 0 Å². The molecule has 0 saturated heterocycles. The summed E-state index contributed by atoms with van der Waals surface area (Å²) < 4.78 is 3.43. The van der Waals surface area contributed by atoms with Crippen molar-refractivity contribution in [1.29, 1.82) is 0 Å². The van der Waals surface area contributed by atoms with Crippen molar-refractivity contribution < 1.29 is 18.4 Å². The molecule has 232 valence electrons. The molecule has 2 atom stereocenters. The SMILES string of the molecule is CC(C)c1ccc([I-]2(C)C(c3cccc(-c4cc5ccccc5c5ccccc45)n3)=NN=C2C2C=CC=C(c3ccccn3)N2)cc1. The average molecular weight is 725 g/mol. The van der Waals surface area contributed by atoms with Gasteiger partial charge in [0.05, 0.1) is 0 Å². The molecule has 2 aliphatic rings. The number of halogens is 1. The van der Waals surface area contributed by atoms with Gasteiger partial charge in [0, 0.05) is 0 Å². The van der Waals surface area contributed by atoms with Crippen LogP contribution in [0.5, 0.6) is 0 Å². The van der Waals surface area contributed by atoms with Gasteiger partial charge in [0.2, 0.25) is 0 Å². The van der Waals surface area contributed by atoms with Gasteiger partial charge in [-0.2, -0.15) is 0 Å². The molecule has 8 rings (SSSR count). The minimum absolute atomic E-state index is 0.1000. The second-order valence-corrected chi connectivity index (χ2v) is 20.5. The fourth-order valence-electron chi connectivity index (χ4n) is 6.50. The van der Waals surface area contributed by atoms with Gasteiger partial charge in [0.25, 0.3) is 0 Å². The molecule has 47 heavy (non-hydrogen) atoms. The third kappa shape index (κ3) is 5.17. The summed E-state index contributed by atoms with van der Waals surface area (Å²) in [5, 5.41) is 18.6. The van der Waals surface area contributed by atoms with Gasteiger partial charge < -0.3 is 0 Å². The Morgan fingerprint density at radius 2 is 1.43 bits per heavy atom. The second kappa shape index (κ2) is 12.0. The van der Waals surface area contributed by atoms with Crippen LogP contribution in [0, 0.1) is 3.57 Å². The molecule has 4 aromatic carbocycles. The molecular weight excluding hydrogens is 689 g/mol. The van der Waals surface area contributed by atoms with Gasteiger partial charge in [-0.1, -0.05) is 0 Å². The van der Waals surface area contributed by atoms with Gasteiger partial charge >= 0.3 is 281 Å². The van der Waals surface area contributed by atoms with Crippen LogP contribution < -0.4 is 23.8 Å². The van der Waals surface area contributed by atoms with Crippen molar-refractivity contribution >= 4 is 34.7 Å². The van der Waals surface area contributed by atoms with Crippen LogP contribution in [0.4, 0.5) is 0 Å². The van der Waals surface area contributed by atoms with Gasteiger partial charge in [-0.3, -0.25) is 0 Å². The number of hydrogen-bond donors (Lipinski definition) is 1. The van der Waals surface area contributed by atoms with Crippen LogP contribution in [0.2, 0.25) is 0 Å². The number of allylic oxidation sites excluding steroid dienone is 2. The number of dihydropyridines is 1. The maximum absolute atomic E-state index is 5.37. The van der Waals surface area contributed by atoms with Crippen molar-refractivity contribution in [3.05, 3.63) is 160 Å². The van der Waals surface area contributed by atoms with Crippen LogP contribution in [-0.4, -0.2) is 28.4 Å². The zero-order valence-corrected chi connectivity index (χ0v) is 28.8. The van der Waals surface area contributed by atoms with Crippen molar-refractivity contribution in [1.82, 2.24) is 15.3 Å². The number of fused-ring (bicyclic) bond motifs is 3. The molecule has 0 amide bonds. The monoisotopic (exact) mass is 724 g/mol. The summed E-state index contributed by atoms with van der Waals surface area (Å²) >= 11 is -3.29. The van der Waals surface area contributed by atoms with Crippen LogP contribution in [-0.2, 0) is 0 Å². The number of aromatic nitrogens is 2. The van der Waals surface area contributed by atoms with Crippen molar-refractivity contribution in [3.63, 3.8) is 0 Å². The summed E-state index contributed by atoms with van der Waals surface area (Å²) in [5.74, 6) is 0.456. The fraction of sp³-hybridized carbons (Fsp3) is 0.122. The summed E-state index contributed by atoms with van der Waals surface area (Å²) in [4.78, 5) is 12.4. The molecule has 0 radical (unpaired) electrons. The molecule has 0 spiro atoms. The summed E-state index contributed by atoms with van der Waals surface area (Å²) in [7, 11) is 0. The van der Waals surface area contributed by atoms with E-state index in [9.17, 15) is 0 Å². The molecule has 0 aliphatic carbocycles. The number of nitrogens with one attached hydrogen (secondary N) is 1. The van der Waals surface area contributed by atoms with E-state index < -0.39 is 18.4 Å². The molecule has 4 heterocycles.